The Morgan fingerprint density at radius 2 is 0.472 bits per heavy atom. The van der Waals surface area contributed by atoms with E-state index in [0.29, 0.717) is 0 Å². The van der Waals surface area contributed by atoms with Crippen LogP contribution < -0.4 is 9.47 Å². The van der Waals surface area contributed by atoms with Crippen molar-refractivity contribution < 1.29 is 9.47 Å². The predicted octanol–water partition coefficient (Wildman–Crippen LogP) is 20.0. The summed E-state index contributed by atoms with van der Waals surface area (Å²) >= 11 is 0. The van der Waals surface area contributed by atoms with Gasteiger partial charge in [0.15, 0.2) is 0 Å². The molecule has 14 aromatic rings. The molecule has 2 heteroatoms. The number of hydrogen-bond acceptors (Lipinski definition) is 2. The van der Waals surface area contributed by atoms with E-state index in [9.17, 15) is 0 Å². The van der Waals surface area contributed by atoms with Crippen molar-refractivity contribution in [2.24, 2.45) is 0 Å². The molecule has 0 atom stereocenters. The van der Waals surface area contributed by atoms with Gasteiger partial charge < -0.3 is 9.47 Å². The second-order valence-corrected chi connectivity index (χ2v) is 19.4. The van der Waals surface area contributed by atoms with E-state index in [4.69, 9.17) is 9.47 Å². The number of fused-ring (bicyclic) bond motifs is 10. The lowest BCUT2D eigenvalue weighted by Gasteiger charge is -2.28. The highest BCUT2D eigenvalue weighted by Gasteiger charge is 2.29. The highest BCUT2D eigenvalue weighted by atomic mass is 16.5. The van der Waals surface area contributed by atoms with E-state index in [1.54, 1.807) is 0 Å². The first-order chi connectivity index (χ1) is 35.7. The van der Waals surface area contributed by atoms with Crippen molar-refractivity contribution in [1.29, 1.82) is 0 Å². The van der Waals surface area contributed by atoms with Crippen molar-refractivity contribution in [3.05, 3.63) is 243 Å². The summed E-state index contributed by atoms with van der Waals surface area (Å²) < 4.78 is 14.0. The van der Waals surface area contributed by atoms with Crippen molar-refractivity contribution >= 4 is 75.4 Å². The second kappa shape index (κ2) is 15.0. The molecule has 0 unspecified atom stereocenters. The van der Waals surface area contributed by atoms with E-state index in [-0.39, 0.29) is 0 Å². The summed E-state index contributed by atoms with van der Waals surface area (Å²) in [6, 6.07) is 88.7. The van der Waals surface area contributed by atoms with Crippen LogP contribution in [0.1, 0.15) is 0 Å². The van der Waals surface area contributed by atoms with Crippen molar-refractivity contribution in [1.82, 2.24) is 0 Å². The van der Waals surface area contributed by atoms with Crippen LogP contribution in [0.25, 0.3) is 142 Å². The maximum Gasteiger partial charge on any atom is 0.136 e. The minimum absolute atomic E-state index is 0.838. The summed E-state index contributed by atoms with van der Waals surface area (Å²) in [5, 5.41) is 16.9. The quantitative estimate of drug-likeness (QED) is 0.164. The molecular formula is C70H40O2. The summed E-state index contributed by atoms with van der Waals surface area (Å²) in [6.07, 6.45) is 0. The molecule has 72 heavy (non-hydrogen) atoms. The van der Waals surface area contributed by atoms with Gasteiger partial charge in [-0.05, 0) is 169 Å². The molecule has 2 aliphatic heterocycles. The lowest BCUT2D eigenvalue weighted by molar-refractivity contribution is 0.475. The largest absolute Gasteiger partial charge is 0.456 e. The van der Waals surface area contributed by atoms with Gasteiger partial charge in [0.1, 0.15) is 23.0 Å². The van der Waals surface area contributed by atoms with Crippen LogP contribution in [-0.4, -0.2) is 0 Å². The van der Waals surface area contributed by atoms with Crippen LogP contribution >= 0.6 is 0 Å². The van der Waals surface area contributed by atoms with E-state index in [0.717, 1.165) is 67.2 Å². The average molecular weight is 913 g/mol. The fourth-order valence-electron chi connectivity index (χ4n) is 12.4. The van der Waals surface area contributed by atoms with Crippen molar-refractivity contribution in [3.63, 3.8) is 0 Å². The summed E-state index contributed by atoms with van der Waals surface area (Å²) in [4.78, 5) is 0. The molecule has 0 N–H and O–H groups in total. The Labute approximate surface area is 415 Å². The van der Waals surface area contributed by atoms with E-state index in [1.807, 2.05) is 0 Å². The molecule has 0 fully saturated rings. The lowest BCUT2D eigenvalue weighted by Crippen LogP contribution is -2.03. The molecule has 332 valence electrons. The molecule has 2 nitrogen and oxygen atoms in total. The zero-order valence-electron chi connectivity index (χ0n) is 38.9. The first-order valence-corrected chi connectivity index (χ1v) is 24.8. The molecule has 0 aromatic heterocycles. The van der Waals surface area contributed by atoms with E-state index < -0.39 is 0 Å². The monoisotopic (exact) mass is 912 g/mol. The third-order valence-corrected chi connectivity index (χ3v) is 15.6. The number of hydrogen-bond donors (Lipinski definition) is 0. The Bertz CT molecular complexity index is 4280. The van der Waals surface area contributed by atoms with Crippen LogP contribution in [0.2, 0.25) is 0 Å². The summed E-state index contributed by atoms with van der Waals surface area (Å²) in [6.45, 7) is 0. The Kier molecular flexibility index (Phi) is 8.20. The molecular weight excluding hydrogens is 873 g/mol. The molecule has 0 saturated carbocycles. The second-order valence-electron chi connectivity index (χ2n) is 19.4. The molecule has 0 spiro atoms. The standard InChI is InChI=1S/C70H40O2/c1-3-15-43-37-45(27-25-41(43)13-1)65-51-17-5-9-21-55(51)67(56-22-10-6-18-52(56)65)47-29-31-49-59-33-34-60-50-32-30-48(40-64(50)72-62-36-35-61(69(59)70(60)62)71-63(49)39-47)68-57-23-11-7-19-53(57)66(54-20-8-12-24-58(54)68)46-28-26-42-14-2-4-16-44(42)38-46/h1-40H. The minimum atomic E-state index is 0.838. The fourth-order valence-corrected chi connectivity index (χ4v) is 12.4. The Morgan fingerprint density at radius 3 is 0.819 bits per heavy atom. The number of benzene rings is 14. The van der Waals surface area contributed by atoms with Crippen molar-refractivity contribution in [2.45, 2.75) is 0 Å². The van der Waals surface area contributed by atoms with Crippen LogP contribution in [-0.2, 0) is 0 Å². The van der Waals surface area contributed by atoms with Gasteiger partial charge in [-0.15, -0.1) is 0 Å². The van der Waals surface area contributed by atoms with Gasteiger partial charge in [0.05, 0.1) is 0 Å². The molecule has 2 heterocycles. The lowest BCUT2D eigenvalue weighted by atomic mass is 9.83. The third kappa shape index (κ3) is 5.66. The van der Waals surface area contributed by atoms with Crippen LogP contribution in [0.5, 0.6) is 23.0 Å². The Morgan fingerprint density at radius 1 is 0.194 bits per heavy atom. The highest BCUT2D eigenvalue weighted by Crippen LogP contribution is 2.57. The summed E-state index contributed by atoms with van der Waals surface area (Å²) in [7, 11) is 0. The molecule has 0 radical (unpaired) electrons. The molecule has 0 saturated heterocycles. The summed E-state index contributed by atoms with van der Waals surface area (Å²) in [5.41, 5.74) is 14.0. The van der Waals surface area contributed by atoms with Crippen LogP contribution in [0, 0.1) is 0 Å². The van der Waals surface area contributed by atoms with E-state index >= 15 is 0 Å². The topological polar surface area (TPSA) is 18.5 Å². The molecule has 2 aliphatic rings. The third-order valence-electron chi connectivity index (χ3n) is 15.6. The van der Waals surface area contributed by atoms with Gasteiger partial charge in [-0.3, -0.25) is 0 Å². The van der Waals surface area contributed by atoms with Gasteiger partial charge in [-0.1, -0.05) is 194 Å². The van der Waals surface area contributed by atoms with Gasteiger partial charge in [0.2, 0.25) is 0 Å². The molecule has 0 aliphatic carbocycles. The number of rotatable bonds is 4. The van der Waals surface area contributed by atoms with Gasteiger partial charge in [0, 0.05) is 21.9 Å². The van der Waals surface area contributed by atoms with Gasteiger partial charge in [-0.25, -0.2) is 0 Å². The van der Waals surface area contributed by atoms with Crippen LogP contribution in [0.15, 0.2) is 243 Å². The number of ether oxygens (including phenoxy) is 2. The van der Waals surface area contributed by atoms with Gasteiger partial charge in [0.25, 0.3) is 0 Å². The predicted molar refractivity (Wildman–Crippen MR) is 302 cm³/mol. The van der Waals surface area contributed by atoms with Gasteiger partial charge >= 0.3 is 0 Å². The smallest absolute Gasteiger partial charge is 0.136 e. The highest BCUT2D eigenvalue weighted by molar-refractivity contribution is 6.24. The zero-order valence-corrected chi connectivity index (χ0v) is 38.9. The van der Waals surface area contributed by atoms with Crippen molar-refractivity contribution in [3.8, 4) is 89.8 Å². The summed E-state index contributed by atoms with van der Waals surface area (Å²) in [5.74, 6) is 3.37. The first kappa shape index (κ1) is 39.4. The molecule has 14 aromatic carbocycles. The zero-order chi connectivity index (χ0) is 47.0. The average Bonchev–Trinajstić information content (AvgIpc) is 3.44. The minimum Gasteiger partial charge on any atom is -0.456 e. The molecule has 16 rings (SSSR count). The van der Waals surface area contributed by atoms with E-state index in [1.165, 1.54) is 98.0 Å². The Balaban J connectivity index is 0.813. The maximum absolute atomic E-state index is 7.00. The SMILES string of the molecule is c1ccc2cc(-c3c4ccccc4c(-c4ccc5c(c4)Oc4ccc6c7c(ccc-5c47)-c4ccc(-c5c7ccccc7c(-c7ccc8ccccc8c7)c7ccccc57)cc4O6)c4ccccc34)ccc2c1. The molecule has 0 bridgehead atoms. The maximum atomic E-state index is 7.00. The molecule has 0 amide bonds. The van der Waals surface area contributed by atoms with Gasteiger partial charge in [-0.2, -0.15) is 0 Å². The van der Waals surface area contributed by atoms with Crippen LogP contribution in [0.4, 0.5) is 0 Å². The van der Waals surface area contributed by atoms with Crippen molar-refractivity contribution in [2.75, 3.05) is 0 Å². The Hall–Kier alpha value is -9.50. The fraction of sp³-hybridized carbons (Fsp3) is 0. The first-order valence-electron chi connectivity index (χ1n) is 24.8. The normalized spacial score (nSPS) is 12.4. The van der Waals surface area contributed by atoms with Crippen LogP contribution in [0.3, 0.4) is 0 Å². The van der Waals surface area contributed by atoms with E-state index in [2.05, 4.69) is 243 Å².